The van der Waals surface area contributed by atoms with Crippen LogP contribution in [0.4, 0.5) is 18.3 Å². The van der Waals surface area contributed by atoms with E-state index in [4.69, 9.17) is 0 Å². The molecule has 1 saturated heterocycles. The Kier molecular flexibility index (Phi) is 4.92. The first kappa shape index (κ1) is 16.1. The van der Waals surface area contributed by atoms with E-state index in [2.05, 4.69) is 15.2 Å². The largest absolute Gasteiger partial charge is 0.427 e. The van der Waals surface area contributed by atoms with E-state index in [9.17, 15) is 13.2 Å². The van der Waals surface area contributed by atoms with Crippen LogP contribution < -0.4 is 5.32 Å². The van der Waals surface area contributed by atoms with E-state index < -0.39 is 11.1 Å². The van der Waals surface area contributed by atoms with Crippen molar-refractivity contribution in [2.24, 2.45) is 5.92 Å². The molecule has 124 valence electrons. The van der Waals surface area contributed by atoms with Crippen LogP contribution in [0.15, 0.2) is 6.20 Å². The molecule has 2 fully saturated rings. The van der Waals surface area contributed by atoms with Gasteiger partial charge in [-0.05, 0) is 31.6 Å². The Morgan fingerprint density at radius 2 is 1.86 bits per heavy atom. The average Bonchev–Trinajstić information content (AvgIpc) is 3.12. The summed E-state index contributed by atoms with van der Waals surface area (Å²) in [4.78, 5) is 5.73. The molecular weight excluding hydrogens is 311 g/mol. The van der Waals surface area contributed by atoms with E-state index in [1.807, 2.05) is 0 Å². The van der Waals surface area contributed by atoms with Crippen molar-refractivity contribution >= 4 is 16.5 Å². The maximum Gasteiger partial charge on any atom is 0.427 e. The second-order valence-corrected chi connectivity index (χ2v) is 7.43. The fraction of sp³-hybridized carbons (Fsp3) is 0.800. The Bertz CT molecular complexity index is 475. The second kappa shape index (κ2) is 6.74. The number of rotatable bonds is 4. The smallest absolute Gasteiger partial charge is 0.359 e. The van der Waals surface area contributed by atoms with Crippen LogP contribution in [-0.4, -0.2) is 35.6 Å². The number of hydrogen-bond acceptors (Lipinski definition) is 4. The predicted octanol–water partition coefficient (Wildman–Crippen LogP) is 4.23. The first-order valence-corrected chi connectivity index (χ1v) is 8.84. The number of thiazole rings is 1. The SMILES string of the molecule is FC(F)(F)c1cnc(NC2CCN(CC3CCCC3)CC2)s1. The van der Waals surface area contributed by atoms with Crippen LogP contribution in [0.25, 0.3) is 0 Å². The van der Waals surface area contributed by atoms with E-state index in [-0.39, 0.29) is 6.04 Å². The van der Waals surface area contributed by atoms with E-state index in [0.717, 1.165) is 38.0 Å². The maximum atomic E-state index is 12.6. The fourth-order valence-corrected chi connectivity index (χ4v) is 4.22. The van der Waals surface area contributed by atoms with Gasteiger partial charge in [-0.1, -0.05) is 24.2 Å². The average molecular weight is 333 g/mol. The number of alkyl halides is 3. The summed E-state index contributed by atoms with van der Waals surface area (Å²) in [5, 5.41) is 3.56. The molecule has 1 aliphatic heterocycles. The van der Waals surface area contributed by atoms with Gasteiger partial charge in [0.25, 0.3) is 0 Å². The zero-order chi connectivity index (χ0) is 15.6. The summed E-state index contributed by atoms with van der Waals surface area (Å²) in [6, 6.07) is 0.243. The minimum atomic E-state index is -4.29. The highest BCUT2D eigenvalue weighted by atomic mass is 32.1. The van der Waals surface area contributed by atoms with Gasteiger partial charge >= 0.3 is 6.18 Å². The summed E-state index contributed by atoms with van der Waals surface area (Å²) in [7, 11) is 0. The van der Waals surface area contributed by atoms with Gasteiger partial charge in [-0.2, -0.15) is 13.2 Å². The summed E-state index contributed by atoms with van der Waals surface area (Å²) < 4.78 is 37.7. The summed E-state index contributed by atoms with van der Waals surface area (Å²) >= 11 is 0.700. The molecule has 1 aromatic heterocycles. The lowest BCUT2D eigenvalue weighted by molar-refractivity contribution is -0.134. The molecule has 1 N–H and O–H groups in total. The van der Waals surface area contributed by atoms with Gasteiger partial charge < -0.3 is 10.2 Å². The van der Waals surface area contributed by atoms with Crippen molar-refractivity contribution in [3.8, 4) is 0 Å². The predicted molar refractivity (Wildman–Crippen MR) is 82.2 cm³/mol. The van der Waals surface area contributed by atoms with Gasteiger partial charge in [-0.25, -0.2) is 4.98 Å². The van der Waals surface area contributed by atoms with Crippen molar-refractivity contribution in [1.82, 2.24) is 9.88 Å². The van der Waals surface area contributed by atoms with Gasteiger partial charge in [0.2, 0.25) is 0 Å². The minimum absolute atomic E-state index is 0.243. The molecule has 0 amide bonds. The summed E-state index contributed by atoms with van der Waals surface area (Å²) in [6.45, 7) is 3.26. The van der Waals surface area contributed by atoms with E-state index in [1.54, 1.807) is 0 Å². The Morgan fingerprint density at radius 3 is 2.45 bits per heavy atom. The number of halogens is 3. The third-order valence-electron chi connectivity index (χ3n) is 4.69. The highest BCUT2D eigenvalue weighted by Gasteiger charge is 2.33. The van der Waals surface area contributed by atoms with E-state index in [0.29, 0.717) is 16.5 Å². The van der Waals surface area contributed by atoms with Crippen molar-refractivity contribution in [2.45, 2.75) is 50.7 Å². The topological polar surface area (TPSA) is 28.2 Å². The van der Waals surface area contributed by atoms with Crippen LogP contribution in [0, 0.1) is 5.92 Å². The summed E-state index contributed by atoms with van der Waals surface area (Å²) in [5.74, 6) is 0.859. The van der Waals surface area contributed by atoms with Gasteiger partial charge in [-0.3, -0.25) is 0 Å². The normalized spacial score (nSPS) is 22.3. The Labute approximate surface area is 132 Å². The van der Waals surface area contributed by atoms with Crippen LogP contribution in [0.5, 0.6) is 0 Å². The van der Waals surface area contributed by atoms with Crippen LogP contribution in [0.2, 0.25) is 0 Å². The molecule has 3 rings (SSSR count). The lowest BCUT2D eigenvalue weighted by Gasteiger charge is -2.33. The number of piperidine rings is 1. The number of nitrogens with zero attached hydrogens (tertiary/aromatic N) is 2. The van der Waals surface area contributed by atoms with Crippen molar-refractivity contribution in [1.29, 1.82) is 0 Å². The van der Waals surface area contributed by atoms with Crippen LogP contribution in [0.1, 0.15) is 43.4 Å². The van der Waals surface area contributed by atoms with E-state index in [1.165, 1.54) is 32.2 Å². The summed E-state index contributed by atoms with van der Waals surface area (Å²) in [5.41, 5.74) is 0. The first-order valence-electron chi connectivity index (χ1n) is 8.02. The summed E-state index contributed by atoms with van der Waals surface area (Å²) in [6.07, 6.45) is 4.04. The standard InChI is InChI=1S/C15H22F3N3S/c16-15(17,18)13-9-19-14(22-13)20-12-5-7-21(8-6-12)10-11-3-1-2-4-11/h9,11-12H,1-8,10H2,(H,19,20). The molecule has 0 bridgehead atoms. The van der Waals surface area contributed by atoms with Gasteiger partial charge in [0.15, 0.2) is 5.13 Å². The third-order valence-corrected chi connectivity index (χ3v) is 5.66. The van der Waals surface area contributed by atoms with Crippen LogP contribution >= 0.6 is 11.3 Å². The Morgan fingerprint density at radius 1 is 1.18 bits per heavy atom. The lowest BCUT2D eigenvalue weighted by Crippen LogP contribution is -2.41. The van der Waals surface area contributed by atoms with Crippen molar-refractivity contribution in [3.63, 3.8) is 0 Å². The fourth-order valence-electron chi connectivity index (χ4n) is 3.46. The van der Waals surface area contributed by atoms with Gasteiger partial charge in [0.1, 0.15) is 4.88 Å². The number of aromatic nitrogens is 1. The van der Waals surface area contributed by atoms with Gasteiger partial charge in [0, 0.05) is 25.7 Å². The molecule has 0 aromatic carbocycles. The zero-order valence-electron chi connectivity index (χ0n) is 12.5. The number of likely N-dealkylation sites (tertiary alicyclic amines) is 1. The first-order chi connectivity index (χ1) is 10.5. The van der Waals surface area contributed by atoms with Crippen molar-refractivity contribution in [3.05, 3.63) is 11.1 Å². The molecule has 1 saturated carbocycles. The molecular formula is C15H22F3N3S. The molecule has 22 heavy (non-hydrogen) atoms. The minimum Gasteiger partial charge on any atom is -0.359 e. The highest BCUT2D eigenvalue weighted by Crippen LogP contribution is 2.35. The number of nitrogens with one attached hydrogen (secondary N) is 1. The second-order valence-electron chi connectivity index (χ2n) is 6.40. The molecule has 0 unspecified atom stereocenters. The van der Waals surface area contributed by atoms with Crippen LogP contribution in [-0.2, 0) is 6.18 Å². The Hall–Kier alpha value is -0.820. The maximum absolute atomic E-state index is 12.6. The molecule has 1 aromatic rings. The van der Waals surface area contributed by atoms with Crippen molar-refractivity contribution in [2.75, 3.05) is 25.0 Å². The monoisotopic (exact) mass is 333 g/mol. The quantitative estimate of drug-likeness (QED) is 0.894. The third kappa shape index (κ3) is 4.13. The van der Waals surface area contributed by atoms with E-state index >= 15 is 0 Å². The molecule has 1 aliphatic carbocycles. The van der Waals surface area contributed by atoms with Crippen LogP contribution in [0.3, 0.4) is 0 Å². The molecule has 7 heteroatoms. The number of anilines is 1. The lowest BCUT2D eigenvalue weighted by atomic mass is 10.0. The molecule has 0 atom stereocenters. The molecule has 2 aliphatic rings. The van der Waals surface area contributed by atoms with Gasteiger partial charge in [-0.15, -0.1) is 0 Å². The Balaban J connectivity index is 1.44. The molecule has 2 heterocycles. The molecule has 0 radical (unpaired) electrons. The van der Waals surface area contributed by atoms with Gasteiger partial charge in [0.05, 0.1) is 6.20 Å². The molecule has 3 nitrogen and oxygen atoms in total. The highest BCUT2D eigenvalue weighted by molar-refractivity contribution is 7.15. The zero-order valence-corrected chi connectivity index (χ0v) is 13.3. The number of hydrogen-bond donors (Lipinski definition) is 1. The molecule has 0 spiro atoms. The van der Waals surface area contributed by atoms with Crippen molar-refractivity contribution < 1.29 is 13.2 Å².